The van der Waals surface area contributed by atoms with Gasteiger partial charge in [-0.15, -0.1) is 0 Å². The number of carbonyl (C=O) groups excluding carboxylic acids is 1. The molecular weight excluding hydrogens is 306 g/mol. The van der Waals surface area contributed by atoms with Crippen molar-refractivity contribution in [1.29, 1.82) is 0 Å². The predicted molar refractivity (Wildman–Crippen MR) is 84.1 cm³/mol. The molecular formula is C15H18ClN3O3. The molecule has 0 aliphatic carbocycles. The first-order valence-electron chi connectivity index (χ1n) is 7.30. The Balaban J connectivity index is 1.74. The molecule has 0 radical (unpaired) electrons. The predicted octanol–water partition coefficient (Wildman–Crippen LogP) is 1.46. The molecule has 1 amide bonds. The van der Waals surface area contributed by atoms with Gasteiger partial charge in [0.05, 0.1) is 5.52 Å². The third-order valence-electron chi connectivity index (χ3n) is 3.92. The van der Waals surface area contributed by atoms with Crippen molar-refractivity contribution in [3.8, 4) is 0 Å². The molecule has 0 bridgehead atoms. The first kappa shape index (κ1) is 15.1. The van der Waals surface area contributed by atoms with Crippen LogP contribution in [0.15, 0.2) is 27.4 Å². The number of nitrogens with zero attached hydrogens (tertiary/aromatic N) is 2. The van der Waals surface area contributed by atoms with Crippen molar-refractivity contribution in [3.05, 3.63) is 33.8 Å². The molecule has 1 aromatic heterocycles. The van der Waals surface area contributed by atoms with Gasteiger partial charge in [-0.2, -0.15) is 0 Å². The van der Waals surface area contributed by atoms with Gasteiger partial charge in [-0.05, 0) is 38.6 Å². The van der Waals surface area contributed by atoms with Gasteiger partial charge >= 0.3 is 5.76 Å². The zero-order valence-electron chi connectivity index (χ0n) is 12.3. The lowest BCUT2D eigenvalue weighted by Gasteiger charge is -2.30. The van der Waals surface area contributed by atoms with E-state index in [1.54, 1.807) is 18.2 Å². The highest BCUT2D eigenvalue weighted by Gasteiger charge is 2.20. The number of rotatable bonds is 3. The van der Waals surface area contributed by atoms with E-state index in [1.165, 1.54) is 4.57 Å². The molecule has 1 aromatic carbocycles. The number of carbonyl (C=O) groups is 1. The zero-order chi connectivity index (χ0) is 15.7. The van der Waals surface area contributed by atoms with Crippen molar-refractivity contribution in [2.24, 2.45) is 0 Å². The lowest BCUT2D eigenvalue weighted by molar-refractivity contribution is -0.122. The maximum atomic E-state index is 12.2. The van der Waals surface area contributed by atoms with Gasteiger partial charge in [-0.1, -0.05) is 11.6 Å². The number of nitrogens with one attached hydrogen (secondary N) is 1. The molecule has 22 heavy (non-hydrogen) atoms. The molecule has 0 spiro atoms. The molecule has 1 fully saturated rings. The molecule has 6 nitrogen and oxygen atoms in total. The van der Waals surface area contributed by atoms with Gasteiger partial charge in [-0.25, -0.2) is 4.79 Å². The van der Waals surface area contributed by atoms with Gasteiger partial charge in [0, 0.05) is 23.7 Å². The van der Waals surface area contributed by atoms with Crippen molar-refractivity contribution in [3.63, 3.8) is 0 Å². The monoisotopic (exact) mass is 323 g/mol. The summed E-state index contributed by atoms with van der Waals surface area (Å²) in [5.41, 5.74) is 0.966. The number of hydrogen-bond donors (Lipinski definition) is 1. The Morgan fingerprint density at radius 2 is 2.32 bits per heavy atom. The minimum Gasteiger partial charge on any atom is -0.408 e. The fourth-order valence-corrected chi connectivity index (χ4v) is 3.05. The number of amides is 1. The Bertz CT molecular complexity index is 752. The van der Waals surface area contributed by atoms with Crippen LogP contribution < -0.4 is 11.1 Å². The molecule has 3 rings (SSSR count). The van der Waals surface area contributed by atoms with Gasteiger partial charge in [0.15, 0.2) is 5.58 Å². The molecule has 0 saturated carbocycles. The van der Waals surface area contributed by atoms with Crippen LogP contribution in [0.25, 0.3) is 11.1 Å². The second-order valence-corrected chi connectivity index (χ2v) is 6.17. The van der Waals surface area contributed by atoms with Crippen LogP contribution in [0.5, 0.6) is 0 Å². The summed E-state index contributed by atoms with van der Waals surface area (Å²) in [4.78, 5) is 26.3. The molecule has 1 aliphatic rings. The Labute approximate surface area is 132 Å². The molecule has 118 valence electrons. The molecule has 1 atom stereocenters. The van der Waals surface area contributed by atoms with E-state index in [4.69, 9.17) is 16.0 Å². The third-order valence-corrected chi connectivity index (χ3v) is 4.16. The van der Waals surface area contributed by atoms with E-state index in [1.807, 2.05) is 7.05 Å². The number of piperidine rings is 1. The number of fused-ring (bicyclic) bond motifs is 1. The number of halogens is 1. The maximum Gasteiger partial charge on any atom is 0.420 e. The molecule has 1 aliphatic heterocycles. The van der Waals surface area contributed by atoms with E-state index >= 15 is 0 Å². The summed E-state index contributed by atoms with van der Waals surface area (Å²) in [5.74, 6) is -0.728. The highest BCUT2D eigenvalue weighted by molar-refractivity contribution is 6.31. The summed E-state index contributed by atoms with van der Waals surface area (Å²) >= 11 is 5.87. The highest BCUT2D eigenvalue weighted by atomic mass is 35.5. The fourth-order valence-electron chi connectivity index (χ4n) is 2.89. The van der Waals surface area contributed by atoms with E-state index in [9.17, 15) is 9.59 Å². The normalized spacial score (nSPS) is 19.5. The Hall–Kier alpha value is -1.79. The smallest absolute Gasteiger partial charge is 0.408 e. The Morgan fingerprint density at radius 3 is 3.09 bits per heavy atom. The molecule has 2 heterocycles. The summed E-state index contributed by atoms with van der Waals surface area (Å²) in [6, 6.07) is 5.06. The topological polar surface area (TPSA) is 67.5 Å². The largest absolute Gasteiger partial charge is 0.420 e. The minimum absolute atomic E-state index is 0.0479. The second-order valence-electron chi connectivity index (χ2n) is 5.74. The minimum atomic E-state index is -0.548. The quantitative estimate of drug-likeness (QED) is 0.928. The lowest BCUT2D eigenvalue weighted by atomic mass is 10.1. The second kappa shape index (κ2) is 6.14. The first-order valence-corrected chi connectivity index (χ1v) is 7.67. The molecule has 7 heteroatoms. The van der Waals surface area contributed by atoms with Crippen molar-refractivity contribution in [1.82, 2.24) is 14.8 Å². The number of benzene rings is 1. The van der Waals surface area contributed by atoms with Crippen LogP contribution in [0, 0.1) is 0 Å². The number of likely N-dealkylation sites (tertiary alicyclic amines) is 1. The third kappa shape index (κ3) is 3.18. The van der Waals surface area contributed by atoms with Crippen LogP contribution in [0.2, 0.25) is 5.02 Å². The van der Waals surface area contributed by atoms with Crippen LogP contribution in [-0.4, -0.2) is 41.6 Å². The van der Waals surface area contributed by atoms with E-state index in [2.05, 4.69) is 10.2 Å². The SMILES string of the molecule is CN1CCCC(NC(=O)Cn2c(=O)oc3cc(Cl)ccc32)C1. The summed E-state index contributed by atoms with van der Waals surface area (Å²) in [6.07, 6.45) is 2.03. The summed E-state index contributed by atoms with van der Waals surface area (Å²) in [7, 11) is 2.04. The van der Waals surface area contributed by atoms with Crippen LogP contribution in [0.1, 0.15) is 12.8 Å². The van der Waals surface area contributed by atoms with E-state index < -0.39 is 5.76 Å². The summed E-state index contributed by atoms with van der Waals surface area (Å²) < 4.78 is 6.45. The van der Waals surface area contributed by atoms with Crippen molar-refractivity contribution < 1.29 is 9.21 Å². The molecule has 1 saturated heterocycles. The van der Waals surface area contributed by atoms with E-state index in [-0.39, 0.29) is 18.5 Å². The van der Waals surface area contributed by atoms with Gasteiger partial charge in [0.1, 0.15) is 6.54 Å². The van der Waals surface area contributed by atoms with Gasteiger partial charge < -0.3 is 14.6 Å². The Kier molecular flexibility index (Phi) is 4.22. The number of likely N-dealkylation sites (N-methyl/N-ethyl adjacent to an activating group) is 1. The standard InChI is InChI=1S/C15H18ClN3O3/c1-18-6-2-3-11(8-18)17-14(20)9-19-12-5-4-10(16)7-13(12)22-15(19)21/h4-5,7,11H,2-3,6,8-9H2,1H3,(H,17,20). The number of hydrogen-bond acceptors (Lipinski definition) is 4. The Morgan fingerprint density at radius 1 is 1.50 bits per heavy atom. The van der Waals surface area contributed by atoms with Crippen molar-refractivity contribution in [2.45, 2.75) is 25.4 Å². The van der Waals surface area contributed by atoms with Crippen LogP contribution in [-0.2, 0) is 11.3 Å². The van der Waals surface area contributed by atoms with Crippen LogP contribution in [0.4, 0.5) is 0 Å². The lowest BCUT2D eigenvalue weighted by Crippen LogP contribution is -2.47. The van der Waals surface area contributed by atoms with Crippen molar-refractivity contribution in [2.75, 3.05) is 20.1 Å². The van der Waals surface area contributed by atoms with Gasteiger partial charge in [-0.3, -0.25) is 9.36 Å². The van der Waals surface area contributed by atoms with Gasteiger partial charge in [0.2, 0.25) is 5.91 Å². The summed E-state index contributed by atoms with van der Waals surface area (Å²) in [5, 5.41) is 3.47. The van der Waals surface area contributed by atoms with Crippen molar-refractivity contribution >= 4 is 28.6 Å². The average Bonchev–Trinajstić information content (AvgIpc) is 2.74. The van der Waals surface area contributed by atoms with E-state index in [0.29, 0.717) is 16.1 Å². The molecule has 1 N–H and O–H groups in total. The zero-order valence-corrected chi connectivity index (χ0v) is 13.1. The van der Waals surface area contributed by atoms with E-state index in [0.717, 1.165) is 25.9 Å². The molecule has 2 aromatic rings. The number of oxazole rings is 1. The number of aromatic nitrogens is 1. The van der Waals surface area contributed by atoms with Crippen LogP contribution in [0.3, 0.4) is 0 Å². The highest BCUT2D eigenvalue weighted by Crippen LogP contribution is 2.18. The van der Waals surface area contributed by atoms with Crippen LogP contribution >= 0.6 is 11.6 Å². The average molecular weight is 324 g/mol. The van der Waals surface area contributed by atoms with Gasteiger partial charge in [0.25, 0.3) is 0 Å². The first-order chi connectivity index (χ1) is 10.5. The maximum absolute atomic E-state index is 12.2. The molecule has 1 unspecified atom stereocenters. The fraction of sp³-hybridized carbons (Fsp3) is 0.467. The summed E-state index contributed by atoms with van der Waals surface area (Å²) in [6.45, 7) is 1.84.